The Labute approximate surface area is 55.5 Å². The Kier molecular flexibility index (Phi) is 6.75. The van der Waals surface area contributed by atoms with Crippen molar-refractivity contribution in [2.45, 2.75) is 38.5 Å². The highest BCUT2D eigenvalue weighted by molar-refractivity contribution is 4.51. The van der Waals surface area contributed by atoms with E-state index in [1.54, 1.807) is 4.91 Å². The first-order chi connectivity index (χ1) is 4.41. The summed E-state index contributed by atoms with van der Waals surface area (Å²) in [6.07, 6.45) is 9.00. The van der Waals surface area contributed by atoms with Crippen LogP contribution in [0.3, 0.4) is 0 Å². The van der Waals surface area contributed by atoms with Crippen molar-refractivity contribution in [3.63, 3.8) is 0 Å². The van der Waals surface area contributed by atoms with E-state index in [0.717, 1.165) is 0 Å². The summed E-state index contributed by atoms with van der Waals surface area (Å²) >= 11 is 0. The summed E-state index contributed by atoms with van der Waals surface area (Å²) in [5.74, 6) is 0. The zero-order valence-corrected chi connectivity index (χ0v) is 5.64. The molecule has 0 atom stereocenters. The molecule has 3 nitrogen and oxygen atoms in total. The van der Waals surface area contributed by atoms with Crippen molar-refractivity contribution in [1.29, 1.82) is 5.53 Å². The summed E-state index contributed by atoms with van der Waals surface area (Å²) in [5, 5.41) is 0. The van der Waals surface area contributed by atoms with Crippen LogP contribution in [0.4, 0.5) is 0 Å². The van der Waals surface area contributed by atoms with E-state index in [2.05, 4.69) is 0 Å². The fraction of sp³-hybridized carbons (Fsp3) is 1.00. The van der Waals surface area contributed by atoms with E-state index < -0.39 is 0 Å². The van der Waals surface area contributed by atoms with Crippen molar-refractivity contribution in [3.05, 3.63) is 10.4 Å². The number of hydrogen-bond acceptors (Lipinski definition) is 1. The predicted molar refractivity (Wildman–Crippen MR) is 37.1 cm³/mol. The van der Waals surface area contributed by atoms with E-state index in [9.17, 15) is 0 Å². The zero-order chi connectivity index (χ0) is 6.95. The van der Waals surface area contributed by atoms with E-state index in [4.69, 9.17) is 11.1 Å². The maximum Gasteiger partial charge on any atom is -0.00208 e. The first-order valence-electron chi connectivity index (χ1n) is 3.42. The lowest BCUT2D eigenvalue weighted by Crippen LogP contribution is -1.85. The molecule has 0 aromatic carbocycles. The quantitative estimate of drug-likeness (QED) is 0.295. The fourth-order valence-electron chi connectivity index (χ4n) is 1.06. The minimum Gasteiger partial charge on any atom is -0.108 e. The predicted octanol–water partition coefficient (Wildman–Crippen LogP) is 3.22. The Hall–Kier alpha value is -0.690. The smallest absolute Gasteiger partial charge is 0.00208 e. The van der Waals surface area contributed by atoms with Gasteiger partial charge in [-0.2, -0.15) is 0 Å². The second-order valence-electron chi connectivity index (χ2n) is 2.22. The molecule has 52 valence electrons. The van der Waals surface area contributed by atoms with Crippen LogP contribution in [-0.2, 0) is 0 Å². The van der Waals surface area contributed by atoms with Gasteiger partial charge in [-0.1, -0.05) is 38.5 Å². The van der Waals surface area contributed by atoms with Gasteiger partial charge in [0.05, 0.1) is 0 Å². The normalized spacial score (nSPS) is 16.9. The molecular weight excluding hydrogens is 114 g/mol. The monoisotopic (exact) mass is 127 g/mol. The number of nitrogens with zero attached hydrogens (tertiary/aromatic N) is 2. The van der Waals surface area contributed by atoms with E-state index in [-0.39, 0.29) is 0 Å². The minimum atomic E-state index is 1.50. The van der Waals surface area contributed by atoms with Crippen molar-refractivity contribution in [2.24, 2.45) is 0 Å². The van der Waals surface area contributed by atoms with Crippen LogP contribution in [0.2, 0.25) is 0 Å². The first-order valence-corrected chi connectivity index (χ1v) is 3.42. The van der Waals surface area contributed by atoms with Gasteiger partial charge in [0.15, 0.2) is 0 Å². The second kappa shape index (κ2) is 7.31. The molecule has 0 aromatic rings. The lowest BCUT2D eigenvalue weighted by molar-refractivity contribution is 0.504. The van der Waals surface area contributed by atoms with E-state index in [1.807, 2.05) is 0 Å². The number of nitrogens with one attached hydrogen (secondary N) is 1. The van der Waals surface area contributed by atoms with Gasteiger partial charge in [-0.05, 0) is 10.4 Å². The third-order valence-corrected chi connectivity index (χ3v) is 1.50. The van der Waals surface area contributed by atoms with Crippen LogP contribution in [-0.4, -0.2) is 0 Å². The van der Waals surface area contributed by atoms with Crippen molar-refractivity contribution in [2.75, 3.05) is 0 Å². The van der Waals surface area contributed by atoms with E-state index in [1.165, 1.54) is 38.5 Å². The second-order valence-corrected chi connectivity index (χ2v) is 2.22. The summed E-state index contributed by atoms with van der Waals surface area (Å²) in [5.41, 5.74) is 12.2. The molecule has 0 saturated heterocycles. The Morgan fingerprint density at radius 3 is 1.11 bits per heavy atom. The molecule has 1 aliphatic rings. The van der Waals surface area contributed by atoms with Gasteiger partial charge in [0.25, 0.3) is 0 Å². The highest BCUT2D eigenvalue weighted by Crippen LogP contribution is 2.15. The Bertz CT molecular complexity index is 68.8. The van der Waals surface area contributed by atoms with Gasteiger partial charge in [0, 0.05) is 0 Å². The summed E-state index contributed by atoms with van der Waals surface area (Å²) in [7, 11) is 0. The third kappa shape index (κ3) is 7.31. The average molecular weight is 127 g/mol. The van der Waals surface area contributed by atoms with Crippen LogP contribution in [0.15, 0.2) is 0 Å². The van der Waals surface area contributed by atoms with Gasteiger partial charge in [-0.25, -0.2) is 0 Å². The molecule has 1 saturated carbocycles. The Balaban J connectivity index is 0.000000187. The molecule has 0 heterocycles. The molecule has 0 amide bonds. The number of rotatable bonds is 0. The van der Waals surface area contributed by atoms with Crippen LogP contribution < -0.4 is 0 Å². The molecule has 3 heteroatoms. The molecule has 0 aliphatic heterocycles. The Morgan fingerprint density at radius 2 is 1.00 bits per heavy atom. The molecule has 9 heavy (non-hydrogen) atoms. The maximum atomic E-state index is 6.86. The fourth-order valence-corrected chi connectivity index (χ4v) is 1.06. The average Bonchev–Trinajstić information content (AvgIpc) is 1.93. The van der Waals surface area contributed by atoms with Crippen molar-refractivity contribution in [3.8, 4) is 0 Å². The van der Waals surface area contributed by atoms with Crippen LogP contribution in [0.1, 0.15) is 38.5 Å². The Morgan fingerprint density at radius 1 is 0.889 bits per heavy atom. The molecule has 0 radical (unpaired) electrons. The van der Waals surface area contributed by atoms with Crippen molar-refractivity contribution >= 4 is 0 Å². The lowest BCUT2D eigenvalue weighted by atomic mass is 10.0. The summed E-state index contributed by atoms with van der Waals surface area (Å²) in [6, 6.07) is 0. The lowest BCUT2D eigenvalue weighted by Gasteiger charge is -2.05. The standard InChI is InChI=1S/C6H12.HN3/c1-2-4-6-5-3-1;1-3-2/h1-6H2;1H. The van der Waals surface area contributed by atoms with Gasteiger partial charge in [-0.3, -0.25) is 0 Å². The molecule has 0 unspecified atom stereocenters. The van der Waals surface area contributed by atoms with Crippen LogP contribution in [0.25, 0.3) is 10.4 Å². The molecule has 0 spiro atoms. The largest absolute Gasteiger partial charge is 0.108 e. The van der Waals surface area contributed by atoms with Gasteiger partial charge >= 0.3 is 0 Å². The maximum absolute atomic E-state index is 6.86. The third-order valence-electron chi connectivity index (χ3n) is 1.50. The van der Waals surface area contributed by atoms with Gasteiger partial charge in [-0.15, -0.1) is 5.53 Å². The van der Waals surface area contributed by atoms with Crippen molar-refractivity contribution in [1.82, 2.24) is 0 Å². The van der Waals surface area contributed by atoms with Crippen LogP contribution in [0, 0.1) is 5.53 Å². The van der Waals surface area contributed by atoms with E-state index in [0.29, 0.717) is 0 Å². The molecule has 1 N–H and O–H groups in total. The summed E-state index contributed by atoms with van der Waals surface area (Å²) in [4.78, 5) is 1.75. The van der Waals surface area contributed by atoms with Gasteiger partial charge < -0.3 is 0 Å². The molecule has 0 bridgehead atoms. The SMILES string of the molecule is C1CCCCC1.[N-]=[N+]=N. The highest BCUT2D eigenvalue weighted by atomic mass is 15.0. The van der Waals surface area contributed by atoms with E-state index >= 15 is 0 Å². The highest BCUT2D eigenvalue weighted by Gasteiger charge is 1.95. The molecule has 1 rings (SSSR count). The number of hydrogen-bond donors (Lipinski definition) is 1. The zero-order valence-electron chi connectivity index (χ0n) is 5.64. The summed E-state index contributed by atoms with van der Waals surface area (Å²) < 4.78 is 0. The van der Waals surface area contributed by atoms with Crippen LogP contribution in [0.5, 0.6) is 0 Å². The molecular formula is C6H13N3. The minimum absolute atomic E-state index is 1.50. The van der Waals surface area contributed by atoms with Gasteiger partial charge in [0.2, 0.25) is 0 Å². The first kappa shape index (κ1) is 8.31. The molecule has 1 fully saturated rings. The molecule has 0 aromatic heterocycles. The summed E-state index contributed by atoms with van der Waals surface area (Å²) in [6.45, 7) is 0. The molecule has 1 aliphatic carbocycles. The van der Waals surface area contributed by atoms with Crippen molar-refractivity contribution < 1.29 is 0 Å². The topological polar surface area (TPSA) is 60.3 Å². The van der Waals surface area contributed by atoms with Crippen LogP contribution >= 0.6 is 0 Å². The van der Waals surface area contributed by atoms with Gasteiger partial charge in [0.1, 0.15) is 0 Å².